The summed E-state index contributed by atoms with van der Waals surface area (Å²) in [5, 5.41) is 0. The zero-order chi connectivity index (χ0) is 13.1. The fourth-order valence-electron chi connectivity index (χ4n) is 1.52. The van der Waals surface area contributed by atoms with Gasteiger partial charge in [-0.25, -0.2) is 0 Å². The van der Waals surface area contributed by atoms with Crippen molar-refractivity contribution in [3.8, 4) is 0 Å². The number of rotatable bonds is 5. The van der Waals surface area contributed by atoms with Gasteiger partial charge in [0.1, 0.15) is 0 Å². The molecule has 0 N–H and O–H groups in total. The molecule has 2 rings (SSSR count). The smallest absolute Gasteiger partial charge is 0.173 e. The number of thiophene rings is 2. The largest absolute Gasteiger partial charge is 0.293 e. The Bertz CT molecular complexity index is 531. The summed E-state index contributed by atoms with van der Waals surface area (Å²) in [5.74, 6) is 0.0874. The molecular weight excluding hydrogens is 332 g/mol. The number of halogens is 1. The van der Waals surface area contributed by atoms with Crippen molar-refractivity contribution in [1.29, 1.82) is 0 Å². The third-order valence-electron chi connectivity index (χ3n) is 2.44. The van der Waals surface area contributed by atoms with Crippen LogP contribution in [-0.4, -0.2) is 11.6 Å². The van der Waals surface area contributed by atoms with Crippen LogP contribution in [0.15, 0.2) is 28.1 Å². The highest BCUT2D eigenvalue weighted by molar-refractivity contribution is 9.11. The van der Waals surface area contributed by atoms with Crippen LogP contribution < -0.4 is 0 Å². The van der Waals surface area contributed by atoms with Gasteiger partial charge in [0.25, 0.3) is 0 Å². The quantitative estimate of drug-likeness (QED) is 0.736. The number of Topliss-reactive ketones (excluding diaryl/α,β-unsaturated/α-hetero) is 2. The van der Waals surface area contributed by atoms with Gasteiger partial charge < -0.3 is 0 Å². The number of carbonyl (C=O) groups is 2. The monoisotopic (exact) mass is 342 g/mol. The molecule has 0 saturated carbocycles. The molecule has 0 amide bonds. The fraction of sp³-hybridized carbons (Fsp3) is 0.231. The molecule has 2 heterocycles. The molecule has 0 radical (unpaired) electrons. The lowest BCUT2D eigenvalue weighted by atomic mass is 10.1. The minimum absolute atomic E-state index is 0.0346. The number of ketones is 2. The van der Waals surface area contributed by atoms with Gasteiger partial charge in [-0.2, -0.15) is 0 Å². The van der Waals surface area contributed by atoms with Gasteiger partial charge in [0.2, 0.25) is 0 Å². The Hall–Kier alpha value is -0.780. The van der Waals surface area contributed by atoms with Crippen molar-refractivity contribution < 1.29 is 9.59 Å². The second-order valence-corrected chi connectivity index (χ2v) is 7.61. The Morgan fingerprint density at radius 3 is 2.00 bits per heavy atom. The predicted octanol–water partition coefficient (Wildman–Crippen LogP) is 4.73. The first-order valence-corrected chi connectivity index (χ1v) is 7.87. The molecule has 18 heavy (non-hydrogen) atoms. The van der Waals surface area contributed by atoms with Gasteiger partial charge in [-0.15, -0.1) is 22.7 Å². The topological polar surface area (TPSA) is 34.1 Å². The third-order valence-corrected chi connectivity index (χ3v) is 5.15. The Morgan fingerprint density at radius 1 is 1.00 bits per heavy atom. The van der Waals surface area contributed by atoms with Crippen molar-refractivity contribution in [3.05, 3.63) is 42.7 Å². The van der Waals surface area contributed by atoms with E-state index in [1.54, 1.807) is 6.07 Å². The van der Waals surface area contributed by atoms with Crippen LogP contribution in [0, 0.1) is 6.92 Å². The number of aryl methyl sites for hydroxylation is 1. The molecule has 5 heteroatoms. The predicted molar refractivity (Wildman–Crippen MR) is 79.0 cm³/mol. The van der Waals surface area contributed by atoms with Crippen molar-refractivity contribution in [2.45, 2.75) is 19.8 Å². The van der Waals surface area contributed by atoms with Crippen molar-refractivity contribution in [2.24, 2.45) is 0 Å². The lowest BCUT2D eigenvalue weighted by Crippen LogP contribution is -2.02. The van der Waals surface area contributed by atoms with Crippen LogP contribution in [0.1, 0.15) is 37.1 Å². The summed E-state index contributed by atoms with van der Waals surface area (Å²) in [5.41, 5.74) is 0. The van der Waals surface area contributed by atoms with E-state index in [9.17, 15) is 9.59 Å². The van der Waals surface area contributed by atoms with E-state index < -0.39 is 0 Å². The van der Waals surface area contributed by atoms with Gasteiger partial charge in [-0.1, -0.05) is 0 Å². The summed E-state index contributed by atoms with van der Waals surface area (Å²) < 4.78 is 0.936. The molecule has 2 aromatic rings. The molecular formula is C13H11BrO2S2. The molecule has 94 valence electrons. The number of hydrogen-bond acceptors (Lipinski definition) is 4. The van der Waals surface area contributed by atoms with E-state index in [-0.39, 0.29) is 24.4 Å². The summed E-state index contributed by atoms with van der Waals surface area (Å²) in [6, 6.07) is 7.39. The minimum Gasteiger partial charge on any atom is -0.293 e. The molecule has 0 aromatic carbocycles. The summed E-state index contributed by atoms with van der Waals surface area (Å²) in [6.45, 7) is 1.97. The third kappa shape index (κ3) is 3.37. The van der Waals surface area contributed by atoms with Gasteiger partial charge in [-0.05, 0) is 47.1 Å². The highest BCUT2D eigenvalue weighted by atomic mass is 79.9. The molecule has 0 aliphatic carbocycles. The molecule has 2 aromatic heterocycles. The van der Waals surface area contributed by atoms with Gasteiger partial charge in [0, 0.05) is 17.7 Å². The number of hydrogen-bond donors (Lipinski definition) is 0. The average molecular weight is 343 g/mol. The number of carbonyl (C=O) groups excluding carboxylic acids is 2. The van der Waals surface area contributed by atoms with Gasteiger partial charge in [-0.3, -0.25) is 9.59 Å². The maximum absolute atomic E-state index is 11.9. The highest BCUT2D eigenvalue weighted by Gasteiger charge is 2.13. The molecule has 0 aliphatic rings. The van der Waals surface area contributed by atoms with E-state index in [4.69, 9.17) is 0 Å². The first-order chi connectivity index (χ1) is 8.56. The Labute approximate surface area is 122 Å². The second kappa shape index (κ2) is 5.91. The average Bonchev–Trinajstić information content (AvgIpc) is 2.94. The van der Waals surface area contributed by atoms with Crippen LogP contribution in [0.4, 0.5) is 0 Å². The first kappa shape index (κ1) is 13.6. The molecule has 0 aliphatic heterocycles. The van der Waals surface area contributed by atoms with Crippen LogP contribution >= 0.6 is 38.6 Å². The summed E-state index contributed by atoms with van der Waals surface area (Å²) in [4.78, 5) is 26.3. The maximum atomic E-state index is 11.9. The zero-order valence-corrected chi connectivity index (χ0v) is 13.0. The maximum Gasteiger partial charge on any atom is 0.173 e. The van der Waals surface area contributed by atoms with Crippen molar-refractivity contribution >= 4 is 50.2 Å². The van der Waals surface area contributed by atoms with Crippen LogP contribution in [-0.2, 0) is 0 Å². The van der Waals surface area contributed by atoms with E-state index in [0.717, 1.165) is 13.5 Å². The van der Waals surface area contributed by atoms with Crippen molar-refractivity contribution in [3.63, 3.8) is 0 Å². The molecule has 0 fully saturated rings. The van der Waals surface area contributed by atoms with Crippen LogP contribution in [0.5, 0.6) is 0 Å². The fourth-order valence-corrected chi connectivity index (χ4v) is 3.71. The van der Waals surface area contributed by atoms with E-state index >= 15 is 0 Å². The van der Waals surface area contributed by atoms with Crippen LogP contribution in [0.3, 0.4) is 0 Å². The standard InChI is InChI=1S/C13H11BrO2S2/c1-8-2-5-11(17-8)9(15)3-4-10(16)12-6-7-13(14)18-12/h2,5-7H,3-4H2,1H3. The van der Waals surface area contributed by atoms with Gasteiger partial charge in [0.15, 0.2) is 11.6 Å². The molecule has 0 saturated heterocycles. The van der Waals surface area contributed by atoms with Crippen LogP contribution in [0.2, 0.25) is 0 Å². The normalized spacial score (nSPS) is 10.6. The summed E-state index contributed by atoms with van der Waals surface area (Å²) >= 11 is 6.21. The molecule has 0 unspecified atom stereocenters. The Morgan fingerprint density at radius 2 is 1.56 bits per heavy atom. The summed E-state index contributed by atoms with van der Waals surface area (Å²) in [7, 11) is 0. The SMILES string of the molecule is Cc1ccc(C(=O)CCC(=O)c2ccc(Br)s2)s1. The molecule has 2 nitrogen and oxygen atoms in total. The van der Waals surface area contributed by atoms with E-state index in [2.05, 4.69) is 15.9 Å². The molecule has 0 spiro atoms. The lowest BCUT2D eigenvalue weighted by Gasteiger charge is -1.97. The summed E-state index contributed by atoms with van der Waals surface area (Å²) in [6.07, 6.45) is 0.567. The molecule has 0 atom stereocenters. The first-order valence-electron chi connectivity index (χ1n) is 5.44. The van der Waals surface area contributed by atoms with E-state index in [1.807, 2.05) is 25.1 Å². The van der Waals surface area contributed by atoms with E-state index in [1.165, 1.54) is 22.7 Å². The Balaban J connectivity index is 1.92. The Kier molecular flexibility index (Phi) is 4.48. The second-order valence-electron chi connectivity index (χ2n) is 3.86. The minimum atomic E-state index is 0.0346. The van der Waals surface area contributed by atoms with E-state index in [0.29, 0.717) is 4.88 Å². The zero-order valence-electron chi connectivity index (χ0n) is 9.73. The van der Waals surface area contributed by atoms with Gasteiger partial charge in [0.05, 0.1) is 13.5 Å². The highest BCUT2D eigenvalue weighted by Crippen LogP contribution is 2.24. The molecule has 0 bridgehead atoms. The van der Waals surface area contributed by atoms with Crippen molar-refractivity contribution in [2.75, 3.05) is 0 Å². The van der Waals surface area contributed by atoms with Crippen LogP contribution in [0.25, 0.3) is 0 Å². The van der Waals surface area contributed by atoms with Gasteiger partial charge >= 0.3 is 0 Å². The van der Waals surface area contributed by atoms with Crippen molar-refractivity contribution in [1.82, 2.24) is 0 Å². The lowest BCUT2D eigenvalue weighted by molar-refractivity contribution is 0.0921.